The molecule has 1 aromatic heterocycles. The molecule has 0 saturated carbocycles. The van der Waals surface area contributed by atoms with Crippen molar-refractivity contribution in [3.8, 4) is 11.5 Å². The number of hydrogen-bond donors (Lipinski definition) is 0. The van der Waals surface area contributed by atoms with Crippen molar-refractivity contribution in [1.29, 1.82) is 0 Å². The lowest BCUT2D eigenvalue weighted by Crippen LogP contribution is -2.52. The maximum atomic E-state index is 12.5. The van der Waals surface area contributed by atoms with Crippen molar-refractivity contribution in [2.24, 2.45) is 0 Å². The Kier molecular flexibility index (Phi) is 1.61. The average Bonchev–Trinajstić information content (AvgIpc) is 2.05. The van der Waals surface area contributed by atoms with Crippen molar-refractivity contribution >= 4 is 0 Å². The van der Waals surface area contributed by atoms with Crippen molar-refractivity contribution in [3.63, 3.8) is 0 Å². The zero-order chi connectivity index (χ0) is 10.4. The van der Waals surface area contributed by atoms with Crippen LogP contribution in [0, 0.1) is 0 Å². The number of pyridine rings is 1. The molecule has 0 aromatic carbocycles. The minimum absolute atomic E-state index is 0.462. The van der Waals surface area contributed by atoms with E-state index in [2.05, 4.69) is 14.5 Å². The molecule has 7 heteroatoms. The lowest BCUT2D eigenvalue weighted by atomic mass is 10.3. The molecule has 0 fully saturated rings. The lowest BCUT2D eigenvalue weighted by Gasteiger charge is -2.31. The first-order valence-electron chi connectivity index (χ1n) is 3.50. The minimum Gasteiger partial charge on any atom is -0.421 e. The summed E-state index contributed by atoms with van der Waals surface area (Å²) >= 11 is 0. The monoisotopic (exact) mass is 209 g/mol. The van der Waals surface area contributed by atoms with Crippen LogP contribution in [0.25, 0.3) is 0 Å². The zero-order valence-electron chi connectivity index (χ0n) is 6.51. The SMILES string of the molecule is FC1(F)Oc2ccncc2OC1(F)F. The summed E-state index contributed by atoms with van der Waals surface area (Å²) in [6.07, 6.45) is -7.34. The number of rotatable bonds is 0. The molecule has 76 valence electrons. The molecule has 2 rings (SSSR count). The maximum absolute atomic E-state index is 12.5. The van der Waals surface area contributed by atoms with Crippen molar-refractivity contribution in [3.05, 3.63) is 18.5 Å². The summed E-state index contributed by atoms with van der Waals surface area (Å²) in [7, 11) is 0. The van der Waals surface area contributed by atoms with Crippen LogP contribution in [0.5, 0.6) is 11.5 Å². The molecule has 0 amide bonds. The van der Waals surface area contributed by atoms with Crippen molar-refractivity contribution in [2.45, 2.75) is 12.2 Å². The maximum Gasteiger partial charge on any atom is 0.507 e. The molecular formula is C7H3F4NO2. The molecule has 3 nitrogen and oxygen atoms in total. The van der Waals surface area contributed by atoms with Gasteiger partial charge in [-0.2, -0.15) is 17.6 Å². The third-order valence-corrected chi connectivity index (χ3v) is 1.56. The fourth-order valence-electron chi connectivity index (χ4n) is 0.923. The molecule has 0 aliphatic carbocycles. The van der Waals surface area contributed by atoms with Gasteiger partial charge in [-0.3, -0.25) is 4.98 Å². The number of alkyl halides is 4. The Labute approximate surface area is 75.3 Å². The van der Waals surface area contributed by atoms with Crippen LogP contribution < -0.4 is 9.47 Å². The van der Waals surface area contributed by atoms with E-state index in [1.54, 1.807) is 0 Å². The Morgan fingerprint density at radius 3 is 2.21 bits per heavy atom. The molecular weight excluding hydrogens is 206 g/mol. The molecule has 0 N–H and O–H groups in total. The van der Waals surface area contributed by atoms with Gasteiger partial charge in [0.1, 0.15) is 0 Å². The third kappa shape index (κ3) is 1.16. The Morgan fingerprint density at radius 1 is 1.00 bits per heavy atom. The van der Waals surface area contributed by atoms with Crippen LogP contribution in [0.3, 0.4) is 0 Å². The summed E-state index contributed by atoms with van der Waals surface area (Å²) in [6, 6.07) is 1.01. The summed E-state index contributed by atoms with van der Waals surface area (Å²) in [5.74, 6) is -0.973. The normalized spacial score (nSPS) is 21.7. The number of fused-ring (bicyclic) bond motifs is 1. The number of nitrogens with zero attached hydrogens (tertiary/aromatic N) is 1. The van der Waals surface area contributed by atoms with Gasteiger partial charge in [-0.25, -0.2) is 0 Å². The van der Waals surface area contributed by atoms with Crippen molar-refractivity contribution in [2.75, 3.05) is 0 Å². The number of ether oxygens (including phenoxy) is 2. The first-order chi connectivity index (χ1) is 6.42. The molecule has 0 atom stereocenters. The van der Waals surface area contributed by atoms with Crippen molar-refractivity contribution < 1.29 is 27.0 Å². The van der Waals surface area contributed by atoms with E-state index in [4.69, 9.17) is 0 Å². The summed E-state index contributed by atoms with van der Waals surface area (Å²) in [5, 5.41) is 0. The second kappa shape index (κ2) is 2.49. The van der Waals surface area contributed by atoms with Crippen LogP contribution in [-0.2, 0) is 0 Å². The molecule has 14 heavy (non-hydrogen) atoms. The van der Waals surface area contributed by atoms with Gasteiger partial charge in [0, 0.05) is 12.3 Å². The molecule has 0 saturated heterocycles. The summed E-state index contributed by atoms with van der Waals surface area (Å²) in [6.45, 7) is 0. The molecule has 0 radical (unpaired) electrons. The highest BCUT2D eigenvalue weighted by molar-refractivity contribution is 5.38. The first kappa shape index (κ1) is 9.04. The molecule has 0 unspecified atom stereocenters. The van der Waals surface area contributed by atoms with Crippen LogP contribution in [-0.4, -0.2) is 17.2 Å². The predicted octanol–water partition coefficient (Wildman–Crippen LogP) is 2.04. The van der Waals surface area contributed by atoms with Gasteiger partial charge in [-0.1, -0.05) is 0 Å². The van der Waals surface area contributed by atoms with Crippen molar-refractivity contribution in [1.82, 2.24) is 4.98 Å². The highest BCUT2D eigenvalue weighted by Gasteiger charge is 2.65. The minimum atomic E-state index is -4.68. The van der Waals surface area contributed by atoms with E-state index in [9.17, 15) is 17.6 Å². The fourth-order valence-corrected chi connectivity index (χ4v) is 0.923. The second-order valence-corrected chi connectivity index (χ2v) is 2.56. The first-order valence-corrected chi connectivity index (χ1v) is 3.50. The Hall–Kier alpha value is -1.53. The van der Waals surface area contributed by atoms with Crippen LogP contribution in [0.4, 0.5) is 17.6 Å². The molecule has 0 spiro atoms. The van der Waals surface area contributed by atoms with Gasteiger partial charge in [0.2, 0.25) is 0 Å². The number of halogens is 4. The van der Waals surface area contributed by atoms with Crippen LogP contribution in [0.15, 0.2) is 18.5 Å². The van der Waals surface area contributed by atoms with E-state index in [0.717, 1.165) is 18.5 Å². The van der Waals surface area contributed by atoms with Gasteiger partial charge >= 0.3 is 12.2 Å². The predicted molar refractivity (Wildman–Crippen MR) is 35.4 cm³/mol. The van der Waals surface area contributed by atoms with E-state index in [-0.39, 0.29) is 0 Å². The van der Waals surface area contributed by atoms with Gasteiger partial charge in [-0.15, -0.1) is 0 Å². The smallest absolute Gasteiger partial charge is 0.421 e. The van der Waals surface area contributed by atoms with Gasteiger partial charge < -0.3 is 9.47 Å². The molecule has 2 heterocycles. The van der Waals surface area contributed by atoms with E-state index in [0.29, 0.717) is 0 Å². The van der Waals surface area contributed by atoms with E-state index < -0.39 is 23.7 Å². The number of hydrogen-bond acceptors (Lipinski definition) is 3. The summed E-state index contributed by atoms with van der Waals surface area (Å²) in [5.41, 5.74) is 0. The van der Waals surface area contributed by atoms with E-state index in [1.807, 2.05) is 0 Å². The largest absolute Gasteiger partial charge is 0.507 e. The third-order valence-electron chi connectivity index (χ3n) is 1.56. The molecule has 0 bridgehead atoms. The molecule has 1 aliphatic heterocycles. The number of aromatic nitrogens is 1. The highest BCUT2D eigenvalue weighted by atomic mass is 19.3. The lowest BCUT2D eigenvalue weighted by molar-refractivity contribution is -0.391. The topological polar surface area (TPSA) is 31.4 Å². The van der Waals surface area contributed by atoms with E-state index in [1.165, 1.54) is 0 Å². The van der Waals surface area contributed by atoms with Gasteiger partial charge in [0.25, 0.3) is 0 Å². The van der Waals surface area contributed by atoms with E-state index >= 15 is 0 Å². The van der Waals surface area contributed by atoms with Gasteiger partial charge in [-0.05, 0) is 0 Å². The summed E-state index contributed by atoms with van der Waals surface area (Å²) in [4.78, 5) is 3.43. The van der Waals surface area contributed by atoms with Crippen LogP contribution in [0.1, 0.15) is 0 Å². The fraction of sp³-hybridized carbons (Fsp3) is 0.286. The van der Waals surface area contributed by atoms with Gasteiger partial charge in [0.05, 0.1) is 6.20 Å². The standard InChI is InChI=1S/C7H3F4NO2/c8-6(9)7(10,11)14-5-3-12-2-1-4(5)13-6/h1-3H. The second-order valence-electron chi connectivity index (χ2n) is 2.56. The summed E-state index contributed by atoms with van der Waals surface area (Å²) < 4.78 is 57.7. The molecule has 1 aromatic rings. The Bertz CT molecular complexity index is 333. The Balaban J connectivity index is 2.46. The Morgan fingerprint density at radius 2 is 1.57 bits per heavy atom. The van der Waals surface area contributed by atoms with Gasteiger partial charge in [0.15, 0.2) is 11.5 Å². The zero-order valence-corrected chi connectivity index (χ0v) is 6.51. The molecule has 1 aliphatic rings. The average molecular weight is 209 g/mol. The van der Waals surface area contributed by atoms with Crippen LogP contribution in [0.2, 0.25) is 0 Å². The highest BCUT2D eigenvalue weighted by Crippen LogP contribution is 2.45. The van der Waals surface area contributed by atoms with Crippen LogP contribution >= 0.6 is 0 Å². The quantitative estimate of drug-likeness (QED) is 0.612.